The van der Waals surface area contributed by atoms with Crippen molar-refractivity contribution in [3.63, 3.8) is 0 Å². The van der Waals surface area contributed by atoms with Crippen molar-refractivity contribution in [3.8, 4) is 5.82 Å². The minimum atomic E-state index is 0.627. The first-order valence-corrected chi connectivity index (χ1v) is 10.3. The van der Waals surface area contributed by atoms with E-state index in [1.807, 2.05) is 23.0 Å². The molecule has 2 N–H and O–H groups in total. The second kappa shape index (κ2) is 10.7. The third kappa shape index (κ3) is 6.38. The van der Waals surface area contributed by atoms with Gasteiger partial charge in [-0.05, 0) is 37.0 Å². The third-order valence-corrected chi connectivity index (χ3v) is 5.15. The normalized spacial score (nSPS) is 15.2. The zero-order chi connectivity index (χ0) is 18.7. The number of aromatic nitrogens is 3. The van der Waals surface area contributed by atoms with E-state index in [1.54, 1.807) is 12.5 Å². The molecule has 0 amide bonds. The molecule has 6 nitrogen and oxygen atoms in total. The van der Waals surface area contributed by atoms with E-state index in [-0.39, 0.29) is 0 Å². The van der Waals surface area contributed by atoms with Gasteiger partial charge in [-0.15, -0.1) is 0 Å². The highest BCUT2D eigenvalue weighted by Crippen LogP contribution is 2.28. The molecular formula is C21H32N6. The van der Waals surface area contributed by atoms with Crippen molar-refractivity contribution in [1.29, 1.82) is 0 Å². The van der Waals surface area contributed by atoms with E-state index in [4.69, 9.17) is 4.99 Å². The summed E-state index contributed by atoms with van der Waals surface area (Å²) in [5.41, 5.74) is 1.13. The first-order valence-electron chi connectivity index (χ1n) is 10.3. The Bertz CT molecular complexity index is 688. The smallest absolute Gasteiger partial charge is 0.191 e. The number of imidazole rings is 1. The summed E-state index contributed by atoms with van der Waals surface area (Å²) in [6.07, 6.45) is 16.9. The molecule has 1 aliphatic carbocycles. The van der Waals surface area contributed by atoms with Crippen LogP contribution in [-0.2, 0) is 6.54 Å². The van der Waals surface area contributed by atoms with Crippen molar-refractivity contribution in [1.82, 2.24) is 25.2 Å². The van der Waals surface area contributed by atoms with Crippen LogP contribution in [0, 0.1) is 5.92 Å². The Morgan fingerprint density at radius 1 is 1.22 bits per heavy atom. The Hall–Kier alpha value is -2.37. The summed E-state index contributed by atoms with van der Waals surface area (Å²) in [4.78, 5) is 13.2. The third-order valence-electron chi connectivity index (χ3n) is 5.15. The van der Waals surface area contributed by atoms with E-state index >= 15 is 0 Å². The summed E-state index contributed by atoms with van der Waals surface area (Å²) < 4.78 is 1.90. The molecule has 1 fully saturated rings. The molecule has 0 aromatic carbocycles. The van der Waals surface area contributed by atoms with Crippen molar-refractivity contribution in [2.24, 2.45) is 10.9 Å². The van der Waals surface area contributed by atoms with Gasteiger partial charge in [0.05, 0.1) is 6.54 Å². The minimum absolute atomic E-state index is 0.627. The Morgan fingerprint density at radius 2 is 2.11 bits per heavy atom. The van der Waals surface area contributed by atoms with Gasteiger partial charge in [-0.1, -0.05) is 38.5 Å². The SMILES string of the molecule is CCNC(=NCc1ccnc(-n2ccnc2)c1)NCCCCC1CCCC1. The number of aliphatic imine (C=N–C) groups is 1. The van der Waals surface area contributed by atoms with E-state index in [0.29, 0.717) is 6.54 Å². The maximum atomic E-state index is 4.72. The molecule has 3 rings (SSSR count). The average Bonchev–Trinajstić information content (AvgIpc) is 3.40. The Kier molecular flexibility index (Phi) is 7.69. The van der Waals surface area contributed by atoms with Crippen molar-refractivity contribution in [2.75, 3.05) is 13.1 Å². The summed E-state index contributed by atoms with van der Waals surface area (Å²) in [6.45, 7) is 4.57. The van der Waals surface area contributed by atoms with Crippen LogP contribution in [0.15, 0.2) is 42.0 Å². The van der Waals surface area contributed by atoms with Gasteiger partial charge in [-0.3, -0.25) is 4.57 Å². The molecule has 1 saturated carbocycles. The monoisotopic (exact) mass is 368 g/mol. The van der Waals surface area contributed by atoms with Gasteiger partial charge in [0.25, 0.3) is 0 Å². The number of guanidine groups is 1. The highest BCUT2D eigenvalue weighted by molar-refractivity contribution is 5.79. The molecule has 27 heavy (non-hydrogen) atoms. The van der Waals surface area contributed by atoms with E-state index < -0.39 is 0 Å². The lowest BCUT2D eigenvalue weighted by Gasteiger charge is -2.12. The van der Waals surface area contributed by atoms with Crippen LogP contribution in [0.4, 0.5) is 0 Å². The van der Waals surface area contributed by atoms with Crippen LogP contribution < -0.4 is 10.6 Å². The van der Waals surface area contributed by atoms with Crippen LogP contribution in [0.25, 0.3) is 5.82 Å². The van der Waals surface area contributed by atoms with Gasteiger partial charge < -0.3 is 10.6 Å². The lowest BCUT2D eigenvalue weighted by atomic mass is 10.0. The van der Waals surface area contributed by atoms with Crippen molar-refractivity contribution >= 4 is 5.96 Å². The van der Waals surface area contributed by atoms with Crippen LogP contribution in [-0.4, -0.2) is 33.6 Å². The van der Waals surface area contributed by atoms with Gasteiger partial charge in [-0.25, -0.2) is 15.0 Å². The molecule has 0 saturated heterocycles. The Labute approximate surface area is 162 Å². The Balaban J connectivity index is 1.46. The molecule has 0 radical (unpaired) electrons. The predicted molar refractivity (Wildman–Crippen MR) is 110 cm³/mol. The first kappa shape index (κ1) is 19.4. The fourth-order valence-electron chi connectivity index (χ4n) is 3.67. The van der Waals surface area contributed by atoms with Gasteiger partial charge in [0.15, 0.2) is 5.96 Å². The maximum absolute atomic E-state index is 4.72. The summed E-state index contributed by atoms with van der Waals surface area (Å²) in [5, 5.41) is 6.80. The highest BCUT2D eigenvalue weighted by atomic mass is 15.2. The molecule has 2 aromatic rings. The zero-order valence-corrected chi connectivity index (χ0v) is 16.4. The molecule has 146 valence electrons. The molecule has 0 unspecified atom stereocenters. The summed E-state index contributed by atoms with van der Waals surface area (Å²) >= 11 is 0. The first-order chi connectivity index (χ1) is 13.3. The second-order valence-corrected chi connectivity index (χ2v) is 7.26. The maximum Gasteiger partial charge on any atom is 0.191 e. The van der Waals surface area contributed by atoms with Crippen LogP contribution in [0.2, 0.25) is 0 Å². The highest BCUT2D eigenvalue weighted by Gasteiger charge is 2.13. The molecule has 0 atom stereocenters. The number of nitrogens with one attached hydrogen (secondary N) is 2. The van der Waals surface area contributed by atoms with Crippen LogP contribution >= 0.6 is 0 Å². The van der Waals surface area contributed by atoms with E-state index in [2.05, 4.69) is 33.6 Å². The van der Waals surface area contributed by atoms with Crippen molar-refractivity contribution in [2.45, 2.75) is 58.4 Å². The lowest BCUT2D eigenvalue weighted by molar-refractivity contribution is 0.472. The molecule has 2 aromatic heterocycles. The number of hydrogen-bond donors (Lipinski definition) is 2. The van der Waals surface area contributed by atoms with E-state index in [0.717, 1.165) is 36.3 Å². The summed E-state index contributed by atoms with van der Waals surface area (Å²) in [7, 11) is 0. The van der Waals surface area contributed by atoms with Crippen molar-refractivity contribution < 1.29 is 0 Å². The average molecular weight is 369 g/mol. The largest absolute Gasteiger partial charge is 0.357 e. The molecule has 0 aliphatic heterocycles. The van der Waals surface area contributed by atoms with Gasteiger partial charge in [-0.2, -0.15) is 0 Å². The quantitative estimate of drug-likeness (QED) is 0.402. The van der Waals surface area contributed by atoms with E-state index in [9.17, 15) is 0 Å². The predicted octanol–water partition coefficient (Wildman–Crippen LogP) is 3.68. The number of hydrogen-bond acceptors (Lipinski definition) is 3. The molecule has 6 heteroatoms. The number of rotatable bonds is 9. The summed E-state index contributed by atoms with van der Waals surface area (Å²) in [5.74, 6) is 2.74. The Morgan fingerprint density at radius 3 is 2.89 bits per heavy atom. The van der Waals surface area contributed by atoms with Gasteiger partial charge in [0, 0.05) is 31.7 Å². The minimum Gasteiger partial charge on any atom is -0.357 e. The molecule has 1 aliphatic rings. The van der Waals surface area contributed by atoms with Crippen LogP contribution in [0.1, 0.15) is 57.4 Å². The van der Waals surface area contributed by atoms with E-state index in [1.165, 1.54) is 44.9 Å². The second-order valence-electron chi connectivity index (χ2n) is 7.26. The zero-order valence-electron chi connectivity index (χ0n) is 16.4. The molecule has 0 bridgehead atoms. The fourth-order valence-corrected chi connectivity index (χ4v) is 3.67. The van der Waals surface area contributed by atoms with Gasteiger partial charge in [0.2, 0.25) is 0 Å². The standard InChI is InChI=1S/C21H32N6/c1-2-23-21(25-11-6-5-9-18-7-3-4-8-18)26-16-19-10-12-24-20(15-19)27-14-13-22-17-27/h10,12-15,17-18H,2-9,11,16H2,1H3,(H2,23,25,26). The number of nitrogens with zero attached hydrogens (tertiary/aromatic N) is 4. The van der Waals surface area contributed by atoms with Crippen LogP contribution in [0.5, 0.6) is 0 Å². The van der Waals surface area contributed by atoms with Crippen molar-refractivity contribution in [3.05, 3.63) is 42.6 Å². The van der Waals surface area contributed by atoms with Gasteiger partial charge >= 0.3 is 0 Å². The van der Waals surface area contributed by atoms with Crippen LogP contribution in [0.3, 0.4) is 0 Å². The molecule has 2 heterocycles. The molecule has 0 spiro atoms. The summed E-state index contributed by atoms with van der Waals surface area (Å²) in [6, 6.07) is 4.06. The lowest BCUT2D eigenvalue weighted by Crippen LogP contribution is -2.37. The number of unbranched alkanes of at least 4 members (excludes halogenated alkanes) is 1. The molecular weight excluding hydrogens is 336 g/mol. The number of pyridine rings is 1. The fraction of sp³-hybridized carbons (Fsp3) is 0.571. The van der Waals surface area contributed by atoms with Gasteiger partial charge in [0.1, 0.15) is 12.1 Å². The topological polar surface area (TPSA) is 67.1 Å².